The van der Waals surface area contributed by atoms with E-state index in [2.05, 4.69) is 10.2 Å². The normalized spacial score (nSPS) is 16.7. The van der Waals surface area contributed by atoms with Crippen LogP contribution in [0.2, 0.25) is 5.02 Å². The number of carbonyl (C=O) groups excluding carboxylic acids is 1. The molecule has 0 bridgehead atoms. The van der Waals surface area contributed by atoms with Crippen LogP contribution in [0, 0.1) is 5.92 Å². The molecule has 0 spiro atoms. The number of nitrogens with two attached hydrogens (primary N) is 1. The number of nitrogens with zero attached hydrogens (tertiary/aromatic N) is 1. The fraction of sp³-hybridized carbons (Fsp3) is 0.462. The minimum absolute atomic E-state index is 0.117. The molecule has 0 aromatic heterocycles. The van der Waals surface area contributed by atoms with Gasteiger partial charge in [-0.05, 0) is 25.0 Å². The van der Waals surface area contributed by atoms with Crippen molar-refractivity contribution in [1.29, 1.82) is 0 Å². The summed E-state index contributed by atoms with van der Waals surface area (Å²) >= 11 is 6.02. The van der Waals surface area contributed by atoms with Gasteiger partial charge in [0.1, 0.15) is 0 Å². The van der Waals surface area contributed by atoms with Gasteiger partial charge < -0.3 is 16.0 Å². The second kappa shape index (κ2) is 5.48. The molecular formula is C13H18ClN3O. The van der Waals surface area contributed by atoms with Gasteiger partial charge in [0, 0.05) is 26.1 Å². The highest BCUT2D eigenvalue weighted by molar-refractivity contribution is 6.33. The van der Waals surface area contributed by atoms with Crippen molar-refractivity contribution in [3.8, 4) is 0 Å². The molecule has 4 nitrogen and oxygen atoms in total. The molecule has 0 aliphatic carbocycles. The summed E-state index contributed by atoms with van der Waals surface area (Å²) in [5, 5.41) is 3.29. The number of para-hydroxylation sites is 1. The molecule has 1 aromatic carbocycles. The quantitative estimate of drug-likeness (QED) is 0.805. The van der Waals surface area contributed by atoms with Gasteiger partial charge >= 0.3 is 0 Å². The van der Waals surface area contributed by atoms with E-state index in [1.807, 2.05) is 12.1 Å². The zero-order valence-electron chi connectivity index (χ0n) is 10.4. The Bertz CT molecular complexity index is 442. The van der Waals surface area contributed by atoms with Crippen LogP contribution in [-0.2, 0) is 4.79 Å². The molecule has 5 heteroatoms. The van der Waals surface area contributed by atoms with E-state index >= 15 is 0 Å². The lowest BCUT2D eigenvalue weighted by molar-refractivity contribution is -0.125. The minimum atomic E-state index is 0.117. The van der Waals surface area contributed by atoms with Crippen LogP contribution < -0.4 is 16.0 Å². The molecule has 0 saturated carbocycles. The van der Waals surface area contributed by atoms with Crippen LogP contribution in [0.25, 0.3) is 0 Å². The van der Waals surface area contributed by atoms with Crippen LogP contribution in [0.5, 0.6) is 0 Å². The average molecular weight is 268 g/mol. The Morgan fingerprint density at radius 3 is 2.72 bits per heavy atom. The van der Waals surface area contributed by atoms with Gasteiger partial charge in [-0.15, -0.1) is 0 Å². The van der Waals surface area contributed by atoms with Crippen molar-refractivity contribution in [2.75, 3.05) is 30.8 Å². The number of anilines is 2. The first-order valence-electron chi connectivity index (χ1n) is 6.14. The van der Waals surface area contributed by atoms with Gasteiger partial charge in [-0.1, -0.05) is 17.7 Å². The molecule has 2 rings (SSSR count). The van der Waals surface area contributed by atoms with E-state index in [4.69, 9.17) is 17.3 Å². The molecule has 1 fully saturated rings. The molecule has 0 unspecified atom stereocenters. The highest BCUT2D eigenvalue weighted by atomic mass is 35.5. The van der Waals surface area contributed by atoms with Gasteiger partial charge in [-0.25, -0.2) is 0 Å². The van der Waals surface area contributed by atoms with Gasteiger partial charge in [0.15, 0.2) is 0 Å². The van der Waals surface area contributed by atoms with Crippen LogP contribution in [-0.4, -0.2) is 26.0 Å². The van der Waals surface area contributed by atoms with Gasteiger partial charge in [-0.3, -0.25) is 4.79 Å². The Labute approximate surface area is 112 Å². The Balaban J connectivity index is 2.06. The lowest BCUT2D eigenvalue weighted by Gasteiger charge is -2.33. The van der Waals surface area contributed by atoms with Crippen LogP contribution in [0.4, 0.5) is 11.4 Å². The lowest BCUT2D eigenvalue weighted by atomic mass is 9.95. The molecule has 1 heterocycles. The number of piperidine rings is 1. The molecule has 1 aromatic rings. The third-order valence-corrected chi connectivity index (χ3v) is 3.81. The molecular weight excluding hydrogens is 250 g/mol. The standard InChI is InChI=1S/C13H18ClN3O/c1-16-13(18)9-5-7-17(8-6-9)11-4-2-3-10(14)12(11)15/h2-4,9H,5-8,15H2,1H3,(H,16,18). The summed E-state index contributed by atoms with van der Waals surface area (Å²) in [5.74, 6) is 0.250. The zero-order valence-corrected chi connectivity index (χ0v) is 11.2. The number of carbonyl (C=O) groups is 1. The molecule has 0 atom stereocenters. The third-order valence-electron chi connectivity index (χ3n) is 3.48. The highest BCUT2D eigenvalue weighted by Crippen LogP contribution is 2.32. The molecule has 1 aliphatic heterocycles. The van der Waals surface area contributed by atoms with E-state index in [1.54, 1.807) is 13.1 Å². The summed E-state index contributed by atoms with van der Waals surface area (Å²) in [6.45, 7) is 1.67. The maximum absolute atomic E-state index is 11.6. The van der Waals surface area contributed by atoms with Gasteiger partial charge in [0.25, 0.3) is 0 Å². The number of amides is 1. The molecule has 0 radical (unpaired) electrons. The first-order valence-corrected chi connectivity index (χ1v) is 6.51. The number of halogens is 1. The van der Waals surface area contributed by atoms with Crippen LogP contribution >= 0.6 is 11.6 Å². The second-order valence-corrected chi connectivity index (χ2v) is 4.96. The summed E-state index contributed by atoms with van der Waals surface area (Å²) in [7, 11) is 1.68. The number of benzene rings is 1. The maximum Gasteiger partial charge on any atom is 0.222 e. The van der Waals surface area contributed by atoms with Crippen molar-refractivity contribution in [2.45, 2.75) is 12.8 Å². The number of rotatable bonds is 2. The number of nitrogen functional groups attached to an aromatic ring is 1. The van der Waals surface area contributed by atoms with Crippen molar-refractivity contribution in [2.24, 2.45) is 5.92 Å². The van der Waals surface area contributed by atoms with E-state index in [0.29, 0.717) is 10.7 Å². The number of nitrogens with one attached hydrogen (secondary N) is 1. The summed E-state index contributed by atoms with van der Waals surface area (Å²) in [6.07, 6.45) is 1.71. The molecule has 1 saturated heterocycles. The topological polar surface area (TPSA) is 58.4 Å². The van der Waals surface area contributed by atoms with Crippen LogP contribution in [0.3, 0.4) is 0 Å². The summed E-state index contributed by atoms with van der Waals surface area (Å²) in [4.78, 5) is 13.8. The van der Waals surface area contributed by atoms with Gasteiger partial charge in [0.05, 0.1) is 16.4 Å². The monoisotopic (exact) mass is 267 g/mol. The zero-order chi connectivity index (χ0) is 13.1. The van der Waals surface area contributed by atoms with Crippen LogP contribution in [0.15, 0.2) is 18.2 Å². The smallest absolute Gasteiger partial charge is 0.222 e. The van der Waals surface area contributed by atoms with E-state index < -0.39 is 0 Å². The van der Waals surface area contributed by atoms with Crippen molar-refractivity contribution in [3.05, 3.63) is 23.2 Å². The maximum atomic E-state index is 11.6. The largest absolute Gasteiger partial charge is 0.396 e. The van der Waals surface area contributed by atoms with Gasteiger partial charge in [-0.2, -0.15) is 0 Å². The average Bonchev–Trinajstić information content (AvgIpc) is 2.41. The van der Waals surface area contributed by atoms with E-state index in [-0.39, 0.29) is 11.8 Å². The molecule has 98 valence electrons. The fourth-order valence-corrected chi connectivity index (χ4v) is 2.56. The minimum Gasteiger partial charge on any atom is -0.396 e. The Morgan fingerprint density at radius 2 is 2.11 bits per heavy atom. The molecule has 1 aliphatic rings. The van der Waals surface area contributed by atoms with Crippen molar-refractivity contribution in [3.63, 3.8) is 0 Å². The predicted octanol–water partition coefficient (Wildman–Crippen LogP) is 1.88. The Kier molecular flexibility index (Phi) is 3.97. The summed E-state index contributed by atoms with van der Waals surface area (Å²) in [5.41, 5.74) is 7.57. The van der Waals surface area contributed by atoms with Crippen LogP contribution in [0.1, 0.15) is 12.8 Å². The lowest BCUT2D eigenvalue weighted by Crippen LogP contribution is -2.39. The number of hydrogen-bond acceptors (Lipinski definition) is 3. The first kappa shape index (κ1) is 13.0. The van der Waals surface area contributed by atoms with E-state index in [1.165, 1.54) is 0 Å². The van der Waals surface area contributed by atoms with Crippen molar-refractivity contribution < 1.29 is 4.79 Å². The van der Waals surface area contributed by atoms with Crippen molar-refractivity contribution in [1.82, 2.24) is 5.32 Å². The predicted molar refractivity (Wildman–Crippen MR) is 74.9 cm³/mol. The Hall–Kier alpha value is -1.42. The fourth-order valence-electron chi connectivity index (χ4n) is 2.39. The molecule has 18 heavy (non-hydrogen) atoms. The Morgan fingerprint density at radius 1 is 1.44 bits per heavy atom. The molecule has 1 amide bonds. The second-order valence-electron chi connectivity index (χ2n) is 4.55. The van der Waals surface area contributed by atoms with E-state index in [0.717, 1.165) is 31.6 Å². The van der Waals surface area contributed by atoms with E-state index in [9.17, 15) is 4.79 Å². The highest BCUT2D eigenvalue weighted by Gasteiger charge is 2.25. The summed E-state index contributed by atoms with van der Waals surface area (Å²) < 4.78 is 0. The molecule has 3 N–H and O–H groups in total. The third kappa shape index (κ3) is 2.53. The number of hydrogen-bond donors (Lipinski definition) is 2. The van der Waals surface area contributed by atoms with Gasteiger partial charge in [0.2, 0.25) is 5.91 Å². The summed E-state index contributed by atoms with van der Waals surface area (Å²) in [6, 6.07) is 5.66. The van der Waals surface area contributed by atoms with Crippen molar-refractivity contribution >= 4 is 28.9 Å². The first-order chi connectivity index (χ1) is 8.63. The SMILES string of the molecule is CNC(=O)C1CCN(c2cccc(Cl)c2N)CC1.